The third kappa shape index (κ3) is 4.05. The van der Waals surface area contributed by atoms with Gasteiger partial charge in [-0.25, -0.2) is 13.5 Å². The molecule has 5 rings (SSSR count). The standard InChI is InChI=1S/C27H26F2N4O2/c1-32-16-24(23-9-6-21(14-26(23)32)30-11-12-35-2)27(34,17-28)19-3-10-25-18(13-19)15-31-33(25)22-7-4-20(29)5-8-22/h3-10,13-16,30,34H,11-12,17H2,1-2H3. The number of ether oxygens (including phenoxy) is 1. The van der Waals surface area contributed by atoms with Gasteiger partial charge in [0.15, 0.2) is 0 Å². The van der Waals surface area contributed by atoms with E-state index in [4.69, 9.17) is 4.74 Å². The van der Waals surface area contributed by atoms with Crippen molar-refractivity contribution in [2.45, 2.75) is 5.60 Å². The normalized spacial score (nSPS) is 13.4. The van der Waals surface area contributed by atoms with Crippen LogP contribution in [0.3, 0.4) is 0 Å². The summed E-state index contributed by atoms with van der Waals surface area (Å²) in [5, 5.41) is 20.9. The highest BCUT2D eigenvalue weighted by atomic mass is 19.1. The van der Waals surface area contributed by atoms with E-state index >= 15 is 0 Å². The van der Waals surface area contributed by atoms with Gasteiger partial charge < -0.3 is 19.7 Å². The predicted molar refractivity (Wildman–Crippen MR) is 133 cm³/mol. The van der Waals surface area contributed by atoms with Crippen LogP contribution in [-0.4, -0.2) is 46.4 Å². The highest BCUT2D eigenvalue weighted by molar-refractivity contribution is 5.89. The predicted octanol–water partition coefficient (Wildman–Crippen LogP) is 4.92. The fourth-order valence-corrected chi connectivity index (χ4v) is 4.50. The Morgan fingerprint density at radius 2 is 1.86 bits per heavy atom. The Morgan fingerprint density at radius 1 is 1.06 bits per heavy atom. The molecule has 0 saturated carbocycles. The second kappa shape index (κ2) is 9.13. The van der Waals surface area contributed by atoms with E-state index in [0.717, 1.165) is 27.5 Å². The summed E-state index contributed by atoms with van der Waals surface area (Å²) < 4.78 is 36.6. The largest absolute Gasteiger partial charge is 0.383 e. The number of hydrogen-bond donors (Lipinski definition) is 2. The van der Waals surface area contributed by atoms with E-state index in [-0.39, 0.29) is 5.82 Å². The van der Waals surface area contributed by atoms with Crippen LogP contribution < -0.4 is 5.32 Å². The van der Waals surface area contributed by atoms with Crippen molar-refractivity contribution in [1.29, 1.82) is 0 Å². The fourth-order valence-electron chi connectivity index (χ4n) is 4.50. The van der Waals surface area contributed by atoms with E-state index < -0.39 is 12.3 Å². The molecule has 2 N–H and O–H groups in total. The maximum Gasteiger partial charge on any atom is 0.145 e. The SMILES string of the molecule is COCCNc1ccc2c(C(O)(CF)c3ccc4c(cnn4-c4ccc(F)cc4)c3)cn(C)c2c1. The van der Waals surface area contributed by atoms with Crippen LogP contribution in [0.4, 0.5) is 14.5 Å². The summed E-state index contributed by atoms with van der Waals surface area (Å²) in [6.07, 6.45) is 3.43. The molecule has 0 bridgehead atoms. The Bertz CT molecular complexity index is 1490. The molecule has 0 aliphatic heterocycles. The average molecular weight is 477 g/mol. The van der Waals surface area contributed by atoms with E-state index in [1.54, 1.807) is 54.5 Å². The third-order valence-electron chi connectivity index (χ3n) is 6.38. The number of anilines is 1. The summed E-state index contributed by atoms with van der Waals surface area (Å²) in [5.41, 5.74) is 2.36. The second-order valence-electron chi connectivity index (χ2n) is 8.61. The molecule has 3 aromatic carbocycles. The molecule has 1 unspecified atom stereocenters. The number of benzene rings is 3. The zero-order valence-electron chi connectivity index (χ0n) is 19.5. The lowest BCUT2D eigenvalue weighted by Crippen LogP contribution is -2.29. The number of nitrogens with zero attached hydrogens (tertiary/aromatic N) is 3. The van der Waals surface area contributed by atoms with Crippen molar-refractivity contribution in [1.82, 2.24) is 14.3 Å². The number of aryl methyl sites for hydroxylation is 1. The molecule has 1 atom stereocenters. The van der Waals surface area contributed by atoms with Gasteiger partial charge in [0.05, 0.1) is 29.5 Å². The molecule has 6 nitrogen and oxygen atoms in total. The van der Waals surface area contributed by atoms with Crippen LogP contribution in [0.5, 0.6) is 0 Å². The van der Waals surface area contributed by atoms with Crippen molar-refractivity contribution in [3.63, 3.8) is 0 Å². The van der Waals surface area contributed by atoms with E-state index in [0.29, 0.717) is 30.0 Å². The Labute approximate surface area is 201 Å². The van der Waals surface area contributed by atoms with Gasteiger partial charge in [-0.15, -0.1) is 0 Å². The van der Waals surface area contributed by atoms with Crippen LogP contribution in [0.1, 0.15) is 11.1 Å². The second-order valence-corrected chi connectivity index (χ2v) is 8.61. The van der Waals surface area contributed by atoms with Gasteiger partial charge in [0.1, 0.15) is 18.1 Å². The van der Waals surface area contributed by atoms with Crippen LogP contribution in [-0.2, 0) is 17.4 Å². The van der Waals surface area contributed by atoms with Gasteiger partial charge in [-0.2, -0.15) is 5.10 Å². The van der Waals surface area contributed by atoms with E-state index in [9.17, 15) is 13.9 Å². The van der Waals surface area contributed by atoms with Crippen molar-refractivity contribution < 1.29 is 18.6 Å². The zero-order valence-corrected chi connectivity index (χ0v) is 19.5. The first-order valence-electron chi connectivity index (χ1n) is 11.3. The lowest BCUT2D eigenvalue weighted by Gasteiger charge is -2.25. The third-order valence-corrected chi connectivity index (χ3v) is 6.38. The molecular formula is C27H26F2N4O2. The number of aliphatic hydroxyl groups is 1. The van der Waals surface area contributed by atoms with Crippen LogP contribution in [0.15, 0.2) is 73.1 Å². The minimum absolute atomic E-state index is 0.325. The number of rotatable bonds is 8. The van der Waals surface area contributed by atoms with Gasteiger partial charge in [-0.05, 0) is 54.1 Å². The minimum atomic E-state index is -1.84. The van der Waals surface area contributed by atoms with Crippen LogP contribution in [0.25, 0.3) is 27.5 Å². The number of alkyl halides is 1. The van der Waals surface area contributed by atoms with Crippen molar-refractivity contribution in [2.75, 3.05) is 32.3 Å². The van der Waals surface area contributed by atoms with Crippen LogP contribution in [0, 0.1) is 5.82 Å². The molecule has 2 heterocycles. The molecule has 35 heavy (non-hydrogen) atoms. The summed E-state index contributed by atoms with van der Waals surface area (Å²) in [6.45, 7) is 0.259. The highest BCUT2D eigenvalue weighted by Gasteiger charge is 2.35. The molecule has 0 amide bonds. The van der Waals surface area contributed by atoms with Crippen LogP contribution >= 0.6 is 0 Å². The Balaban J connectivity index is 1.55. The monoisotopic (exact) mass is 476 g/mol. The van der Waals surface area contributed by atoms with Crippen molar-refractivity contribution >= 4 is 27.5 Å². The number of halogens is 2. The molecular weight excluding hydrogens is 450 g/mol. The molecule has 0 radical (unpaired) electrons. The van der Waals surface area contributed by atoms with Gasteiger partial charge in [0.25, 0.3) is 0 Å². The quantitative estimate of drug-likeness (QED) is 0.312. The van der Waals surface area contributed by atoms with Gasteiger partial charge >= 0.3 is 0 Å². The summed E-state index contributed by atoms with van der Waals surface area (Å²) in [4.78, 5) is 0. The maximum absolute atomic E-state index is 14.6. The smallest absolute Gasteiger partial charge is 0.145 e. The van der Waals surface area contributed by atoms with Gasteiger partial charge in [-0.3, -0.25) is 0 Å². The topological polar surface area (TPSA) is 64.2 Å². The number of aromatic nitrogens is 3. The lowest BCUT2D eigenvalue weighted by atomic mass is 9.86. The number of fused-ring (bicyclic) bond motifs is 2. The van der Waals surface area contributed by atoms with Crippen molar-refractivity contribution in [3.8, 4) is 5.69 Å². The number of nitrogens with one attached hydrogen (secondary N) is 1. The fraction of sp³-hybridized carbons (Fsp3) is 0.222. The van der Waals surface area contributed by atoms with E-state index in [1.807, 2.05) is 29.8 Å². The molecule has 0 spiro atoms. The zero-order chi connectivity index (χ0) is 24.6. The average Bonchev–Trinajstić information content (AvgIpc) is 3.45. The van der Waals surface area contributed by atoms with Gasteiger partial charge in [0, 0.05) is 48.9 Å². The first-order valence-corrected chi connectivity index (χ1v) is 11.3. The number of hydrogen-bond acceptors (Lipinski definition) is 4. The van der Waals surface area contributed by atoms with Crippen molar-refractivity contribution in [3.05, 3.63) is 90.0 Å². The van der Waals surface area contributed by atoms with Crippen LogP contribution in [0.2, 0.25) is 0 Å². The van der Waals surface area contributed by atoms with Gasteiger partial charge in [0.2, 0.25) is 0 Å². The lowest BCUT2D eigenvalue weighted by molar-refractivity contribution is 0.0532. The first-order chi connectivity index (χ1) is 16.9. The molecule has 2 aromatic heterocycles. The van der Waals surface area contributed by atoms with Crippen molar-refractivity contribution in [2.24, 2.45) is 7.05 Å². The summed E-state index contributed by atoms with van der Waals surface area (Å²) in [5.74, 6) is -0.325. The first kappa shape index (κ1) is 23.0. The summed E-state index contributed by atoms with van der Waals surface area (Å²) in [7, 11) is 3.52. The molecule has 8 heteroatoms. The molecule has 0 saturated heterocycles. The maximum atomic E-state index is 14.6. The Morgan fingerprint density at radius 3 is 2.60 bits per heavy atom. The molecule has 180 valence electrons. The van der Waals surface area contributed by atoms with Gasteiger partial charge in [-0.1, -0.05) is 12.1 Å². The van der Waals surface area contributed by atoms with E-state index in [1.165, 1.54) is 12.1 Å². The highest BCUT2D eigenvalue weighted by Crippen LogP contribution is 2.38. The molecule has 0 aliphatic rings. The van der Waals surface area contributed by atoms with E-state index in [2.05, 4.69) is 10.4 Å². The summed E-state index contributed by atoms with van der Waals surface area (Å²) in [6, 6.07) is 17.1. The summed E-state index contributed by atoms with van der Waals surface area (Å²) >= 11 is 0. The molecule has 5 aromatic rings. The Kier molecular flexibility index (Phi) is 6.00. The molecule has 0 aliphatic carbocycles. The Hall–Kier alpha value is -3.75. The molecule has 0 fully saturated rings. The minimum Gasteiger partial charge on any atom is -0.383 e. The number of methoxy groups -OCH3 is 1.